The Balaban J connectivity index is 1.61. The molecule has 0 aliphatic rings. The Morgan fingerprint density at radius 1 is 1.24 bits per heavy atom. The van der Waals surface area contributed by atoms with Crippen LogP contribution in [0.25, 0.3) is 16.7 Å². The van der Waals surface area contributed by atoms with E-state index in [-0.39, 0.29) is 36.1 Å². The third kappa shape index (κ3) is 4.40. The van der Waals surface area contributed by atoms with Crippen molar-refractivity contribution in [3.8, 4) is 5.69 Å². The molecule has 1 aromatic carbocycles. The minimum absolute atomic E-state index is 0.0838. The third-order valence-corrected chi connectivity index (χ3v) is 5.78. The van der Waals surface area contributed by atoms with Crippen LogP contribution in [0.4, 0.5) is 10.2 Å². The molecule has 3 N–H and O–H groups in total. The lowest BCUT2D eigenvalue weighted by Crippen LogP contribution is -2.37. The van der Waals surface area contributed by atoms with Crippen molar-refractivity contribution in [1.82, 2.24) is 29.3 Å². The van der Waals surface area contributed by atoms with Gasteiger partial charge in [0.05, 0.1) is 36.2 Å². The number of anilines is 1. The van der Waals surface area contributed by atoms with E-state index in [9.17, 15) is 18.8 Å². The van der Waals surface area contributed by atoms with Crippen LogP contribution in [0.2, 0.25) is 0 Å². The number of nitrogens with one attached hydrogen (secondary N) is 1. The molecule has 170 valence electrons. The summed E-state index contributed by atoms with van der Waals surface area (Å²) < 4.78 is 20.8. The first-order valence-corrected chi connectivity index (χ1v) is 10.6. The predicted octanol–water partition coefficient (Wildman–Crippen LogP) is 1.01. The monoisotopic (exact) mass is 471 g/mol. The Kier molecular flexibility index (Phi) is 6.33. The second-order valence-electron chi connectivity index (χ2n) is 6.82. The maximum Gasteiger partial charge on any atom is 0.330 e. The quantitative estimate of drug-likeness (QED) is 0.218. The molecule has 0 saturated carbocycles. The predicted molar refractivity (Wildman–Crippen MR) is 119 cm³/mol. The highest BCUT2D eigenvalue weighted by molar-refractivity contribution is 8.00. The fourth-order valence-corrected chi connectivity index (χ4v) is 4.01. The zero-order valence-corrected chi connectivity index (χ0v) is 18.1. The van der Waals surface area contributed by atoms with Gasteiger partial charge in [-0.25, -0.2) is 23.8 Å². The van der Waals surface area contributed by atoms with Crippen molar-refractivity contribution in [2.24, 2.45) is 0 Å². The molecule has 0 unspecified atom stereocenters. The molecular formula is C20H18FN7O4S. The number of nitrogen functional groups attached to an aromatic ring is 1. The van der Waals surface area contributed by atoms with E-state index in [1.54, 1.807) is 12.1 Å². The van der Waals surface area contributed by atoms with Crippen LogP contribution in [-0.4, -0.2) is 54.6 Å². The highest BCUT2D eigenvalue weighted by Crippen LogP contribution is 2.26. The number of rotatable bonds is 8. The first-order valence-electron chi connectivity index (χ1n) is 9.63. The second kappa shape index (κ2) is 9.34. The average Bonchev–Trinajstić information content (AvgIpc) is 3.22. The topological polar surface area (TPSA) is 151 Å². The standard InChI is InChI=1S/C20H18FN7O4S/c1-32-7-6-27-16(22)15(18(30)26-20(27)31)14(29)9-33-19-13-8-25-28(17(13)23-10-24-19)12-4-2-11(21)3-5-12/h2-5,8,10H,6-7,9,22H2,1H3,(H,26,30,31). The molecule has 0 fully saturated rings. The molecule has 4 rings (SSSR count). The summed E-state index contributed by atoms with van der Waals surface area (Å²) in [4.78, 5) is 47.7. The smallest absolute Gasteiger partial charge is 0.330 e. The van der Waals surface area contributed by atoms with Gasteiger partial charge < -0.3 is 10.5 Å². The molecule has 0 bridgehead atoms. The van der Waals surface area contributed by atoms with Crippen molar-refractivity contribution in [1.29, 1.82) is 0 Å². The Morgan fingerprint density at radius 3 is 2.73 bits per heavy atom. The Morgan fingerprint density at radius 2 is 2.00 bits per heavy atom. The van der Waals surface area contributed by atoms with Crippen LogP contribution in [0, 0.1) is 5.82 Å². The molecule has 3 heterocycles. The van der Waals surface area contributed by atoms with Gasteiger partial charge in [-0.3, -0.25) is 19.1 Å². The van der Waals surface area contributed by atoms with Gasteiger partial charge in [0, 0.05) is 7.11 Å². The summed E-state index contributed by atoms with van der Waals surface area (Å²) >= 11 is 1.07. The van der Waals surface area contributed by atoms with E-state index in [2.05, 4.69) is 20.1 Å². The first kappa shape index (κ1) is 22.4. The molecule has 0 atom stereocenters. The highest BCUT2D eigenvalue weighted by Gasteiger charge is 2.21. The number of halogens is 1. The number of nitrogens with two attached hydrogens (primary N) is 1. The first-order chi connectivity index (χ1) is 15.9. The van der Waals surface area contributed by atoms with Gasteiger partial charge in [0.2, 0.25) is 0 Å². The number of nitrogens with zero attached hydrogens (tertiary/aromatic N) is 5. The number of ketones is 1. The minimum atomic E-state index is -0.853. The average molecular weight is 471 g/mol. The van der Waals surface area contributed by atoms with Gasteiger partial charge in [-0.1, -0.05) is 11.8 Å². The minimum Gasteiger partial charge on any atom is -0.384 e. The van der Waals surface area contributed by atoms with Crippen molar-refractivity contribution in [2.45, 2.75) is 11.6 Å². The van der Waals surface area contributed by atoms with Crippen molar-refractivity contribution in [3.05, 3.63) is 69.0 Å². The molecule has 0 aliphatic carbocycles. The lowest BCUT2D eigenvalue weighted by Gasteiger charge is -2.11. The van der Waals surface area contributed by atoms with Crippen LogP contribution in [0.1, 0.15) is 10.4 Å². The number of carbonyl (C=O) groups is 1. The van der Waals surface area contributed by atoms with E-state index < -0.39 is 17.0 Å². The van der Waals surface area contributed by atoms with E-state index in [4.69, 9.17) is 10.5 Å². The maximum absolute atomic E-state index is 13.2. The number of benzene rings is 1. The summed E-state index contributed by atoms with van der Waals surface area (Å²) in [5, 5.41) is 5.33. The fourth-order valence-electron chi connectivity index (χ4n) is 3.18. The number of fused-ring (bicyclic) bond motifs is 1. The Bertz CT molecular complexity index is 1450. The highest BCUT2D eigenvalue weighted by atomic mass is 32.2. The van der Waals surface area contributed by atoms with Crippen molar-refractivity contribution < 1.29 is 13.9 Å². The fraction of sp³-hybridized carbons (Fsp3) is 0.200. The molecule has 11 nitrogen and oxygen atoms in total. The molecule has 0 spiro atoms. The van der Waals surface area contributed by atoms with Crippen LogP contribution in [0.3, 0.4) is 0 Å². The number of methoxy groups -OCH3 is 1. The number of ether oxygens (including phenoxy) is 1. The molecular weight excluding hydrogens is 453 g/mol. The number of thioether (sulfide) groups is 1. The number of Topliss-reactive ketones (excluding diaryl/α,β-unsaturated/α-hetero) is 1. The van der Waals surface area contributed by atoms with Gasteiger partial charge in [0.15, 0.2) is 11.4 Å². The van der Waals surface area contributed by atoms with Gasteiger partial charge in [-0.05, 0) is 24.3 Å². The van der Waals surface area contributed by atoms with Crippen molar-refractivity contribution in [3.63, 3.8) is 0 Å². The summed E-state index contributed by atoms with van der Waals surface area (Å²) in [6.45, 7) is 0.260. The molecule has 0 radical (unpaired) electrons. The number of aromatic nitrogens is 6. The zero-order chi connectivity index (χ0) is 23.5. The molecule has 13 heteroatoms. The number of carbonyl (C=O) groups excluding carboxylic acids is 1. The van der Waals surface area contributed by atoms with Crippen molar-refractivity contribution in [2.75, 3.05) is 25.2 Å². The summed E-state index contributed by atoms with van der Waals surface area (Å²) in [6, 6.07) is 5.75. The van der Waals surface area contributed by atoms with Crippen LogP contribution in [0.15, 0.2) is 51.4 Å². The molecule has 0 saturated heterocycles. The molecule has 0 amide bonds. The van der Waals surface area contributed by atoms with Gasteiger partial charge >= 0.3 is 5.69 Å². The lowest BCUT2D eigenvalue weighted by molar-refractivity contribution is 0.102. The lowest BCUT2D eigenvalue weighted by atomic mass is 10.2. The van der Waals surface area contributed by atoms with E-state index in [1.165, 1.54) is 36.4 Å². The summed E-state index contributed by atoms with van der Waals surface area (Å²) in [6.07, 6.45) is 2.86. The number of hydrogen-bond donors (Lipinski definition) is 2. The largest absolute Gasteiger partial charge is 0.384 e. The van der Waals surface area contributed by atoms with E-state index in [0.717, 1.165) is 16.3 Å². The van der Waals surface area contributed by atoms with Crippen LogP contribution < -0.4 is 17.0 Å². The zero-order valence-electron chi connectivity index (χ0n) is 17.3. The molecule has 3 aromatic heterocycles. The van der Waals surface area contributed by atoms with Crippen molar-refractivity contribution >= 4 is 34.4 Å². The van der Waals surface area contributed by atoms with Crippen LogP contribution >= 0.6 is 11.8 Å². The van der Waals surface area contributed by atoms with Gasteiger partial charge in [-0.15, -0.1) is 0 Å². The molecule has 4 aromatic rings. The van der Waals surface area contributed by atoms with Gasteiger partial charge in [0.25, 0.3) is 5.56 Å². The number of hydrogen-bond acceptors (Lipinski definition) is 9. The van der Waals surface area contributed by atoms with Crippen LogP contribution in [-0.2, 0) is 11.3 Å². The summed E-state index contributed by atoms with van der Waals surface area (Å²) in [7, 11) is 1.45. The molecule has 33 heavy (non-hydrogen) atoms. The van der Waals surface area contributed by atoms with Crippen LogP contribution in [0.5, 0.6) is 0 Å². The summed E-state index contributed by atoms with van der Waals surface area (Å²) in [5.41, 5.74) is 5.16. The normalized spacial score (nSPS) is 11.2. The number of aromatic amines is 1. The SMILES string of the molecule is COCCn1c(N)c(C(=O)CSc2ncnc3c2cnn3-c2ccc(F)cc2)c(=O)[nH]c1=O. The van der Waals surface area contributed by atoms with E-state index in [1.807, 2.05) is 0 Å². The second-order valence-corrected chi connectivity index (χ2v) is 7.79. The Hall–Kier alpha value is -3.84. The number of H-pyrrole nitrogens is 1. The summed E-state index contributed by atoms with van der Waals surface area (Å²) in [5.74, 6) is -1.32. The maximum atomic E-state index is 13.2. The van der Waals surface area contributed by atoms with Gasteiger partial charge in [-0.2, -0.15) is 5.10 Å². The van der Waals surface area contributed by atoms with Gasteiger partial charge in [0.1, 0.15) is 28.6 Å². The molecule has 0 aliphatic heterocycles. The third-order valence-electron chi connectivity index (χ3n) is 4.78. The van der Waals surface area contributed by atoms with E-state index in [0.29, 0.717) is 21.7 Å². The Labute approximate surface area is 189 Å². The van der Waals surface area contributed by atoms with E-state index >= 15 is 0 Å².